The smallest absolute Gasteiger partial charge is 0.127 e. The van der Waals surface area contributed by atoms with Crippen LogP contribution in [0, 0.1) is 5.92 Å². The van der Waals surface area contributed by atoms with Gasteiger partial charge in [-0.25, -0.2) is 0 Å². The van der Waals surface area contributed by atoms with Gasteiger partial charge in [0.05, 0.1) is 12.7 Å². The van der Waals surface area contributed by atoms with Crippen molar-refractivity contribution in [3.05, 3.63) is 23.8 Å². The maximum Gasteiger partial charge on any atom is 0.127 e. The first-order chi connectivity index (χ1) is 7.74. The minimum Gasteiger partial charge on any atom is -0.507 e. The number of hydrogen-bond donors (Lipinski definition) is 2. The second kappa shape index (κ2) is 4.74. The number of ether oxygens (including phenoxy) is 1. The number of phenols is 1. The number of rotatable bonds is 3. The molecule has 0 bridgehead atoms. The SMILES string of the molecule is COc1cccc(O)c1[C@@H](N)C1CCCC1. The predicted molar refractivity (Wildman–Crippen MR) is 63.5 cm³/mol. The molecule has 1 aliphatic carbocycles. The van der Waals surface area contributed by atoms with Crippen LogP contribution >= 0.6 is 0 Å². The topological polar surface area (TPSA) is 55.5 Å². The van der Waals surface area contributed by atoms with Crippen molar-refractivity contribution in [1.29, 1.82) is 0 Å². The average Bonchev–Trinajstić information content (AvgIpc) is 2.81. The fourth-order valence-electron chi connectivity index (χ4n) is 2.60. The highest BCUT2D eigenvalue weighted by Crippen LogP contribution is 2.41. The Morgan fingerprint density at radius 1 is 1.38 bits per heavy atom. The van der Waals surface area contributed by atoms with Gasteiger partial charge in [0.25, 0.3) is 0 Å². The lowest BCUT2D eigenvalue weighted by Crippen LogP contribution is -2.20. The van der Waals surface area contributed by atoms with Gasteiger partial charge in [-0.15, -0.1) is 0 Å². The highest BCUT2D eigenvalue weighted by molar-refractivity contribution is 5.46. The zero-order chi connectivity index (χ0) is 11.5. The fourth-order valence-corrected chi connectivity index (χ4v) is 2.60. The Morgan fingerprint density at radius 3 is 2.69 bits per heavy atom. The minimum absolute atomic E-state index is 0.112. The van der Waals surface area contributed by atoms with Crippen LogP contribution in [0.25, 0.3) is 0 Å². The molecule has 0 radical (unpaired) electrons. The molecule has 0 unspecified atom stereocenters. The van der Waals surface area contributed by atoms with Crippen LogP contribution in [0.3, 0.4) is 0 Å². The van der Waals surface area contributed by atoms with Crippen molar-refractivity contribution in [2.45, 2.75) is 31.7 Å². The molecule has 1 fully saturated rings. The van der Waals surface area contributed by atoms with Gasteiger partial charge in [0.1, 0.15) is 11.5 Å². The van der Waals surface area contributed by atoms with Crippen molar-refractivity contribution in [2.75, 3.05) is 7.11 Å². The van der Waals surface area contributed by atoms with Crippen LogP contribution < -0.4 is 10.5 Å². The van der Waals surface area contributed by atoms with E-state index in [2.05, 4.69) is 0 Å². The van der Waals surface area contributed by atoms with E-state index in [1.54, 1.807) is 19.2 Å². The third-order valence-corrected chi connectivity index (χ3v) is 3.50. The molecule has 0 amide bonds. The molecule has 88 valence electrons. The fraction of sp³-hybridized carbons (Fsp3) is 0.538. The number of aromatic hydroxyl groups is 1. The molecule has 1 atom stereocenters. The summed E-state index contributed by atoms with van der Waals surface area (Å²) in [6.07, 6.45) is 4.79. The lowest BCUT2D eigenvalue weighted by molar-refractivity contribution is 0.368. The molecule has 2 rings (SSSR count). The molecule has 3 heteroatoms. The highest BCUT2D eigenvalue weighted by Gasteiger charge is 2.27. The van der Waals surface area contributed by atoms with Gasteiger partial charge >= 0.3 is 0 Å². The van der Waals surface area contributed by atoms with Crippen LogP contribution in [0.2, 0.25) is 0 Å². The molecule has 1 aromatic rings. The van der Waals surface area contributed by atoms with E-state index < -0.39 is 0 Å². The van der Waals surface area contributed by atoms with Gasteiger partial charge in [-0.05, 0) is 30.9 Å². The highest BCUT2D eigenvalue weighted by atomic mass is 16.5. The Balaban J connectivity index is 2.30. The number of benzene rings is 1. The average molecular weight is 221 g/mol. The summed E-state index contributed by atoms with van der Waals surface area (Å²) in [5.74, 6) is 1.42. The zero-order valence-electron chi connectivity index (χ0n) is 9.65. The van der Waals surface area contributed by atoms with E-state index in [0.717, 1.165) is 18.4 Å². The number of phenolic OH excluding ortho intramolecular Hbond substituents is 1. The van der Waals surface area contributed by atoms with E-state index in [0.29, 0.717) is 11.7 Å². The molecule has 0 heterocycles. The van der Waals surface area contributed by atoms with Gasteiger partial charge in [0.15, 0.2) is 0 Å². The third kappa shape index (κ3) is 2.00. The van der Waals surface area contributed by atoms with Crippen LogP contribution in [-0.4, -0.2) is 12.2 Å². The molecular weight excluding hydrogens is 202 g/mol. The Hall–Kier alpha value is -1.22. The molecule has 0 spiro atoms. The summed E-state index contributed by atoms with van der Waals surface area (Å²) in [5, 5.41) is 9.89. The maximum atomic E-state index is 9.89. The van der Waals surface area contributed by atoms with Gasteiger partial charge in [-0.1, -0.05) is 18.9 Å². The lowest BCUT2D eigenvalue weighted by atomic mass is 9.91. The number of hydrogen-bond acceptors (Lipinski definition) is 3. The lowest BCUT2D eigenvalue weighted by Gasteiger charge is -2.22. The Kier molecular flexibility index (Phi) is 3.34. The molecule has 1 aliphatic rings. The molecular formula is C13H19NO2. The van der Waals surface area contributed by atoms with Crippen molar-refractivity contribution < 1.29 is 9.84 Å². The minimum atomic E-state index is -0.112. The van der Waals surface area contributed by atoms with Crippen molar-refractivity contribution >= 4 is 0 Å². The van der Waals surface area contributed by atoms with E-state index in [-0.39, 0.29) is 11.8 Å². The maximum absolute atomic E-state index is 9.89. The molecule has 1 aromatic carbocycles. The summed E-state index contributed by atoms with van der Waals surface area (Å²) >= 11 is 0. The van der Waals surface area contributed by atoms with Crippen molar-refractivity contribution in [1.82, 2.24) is 0 Å². The van der Waals surface area contributed by atoms with Gasteiger partial charge in [-0.3, -0.25) is 0 Å². The molecule has 1 saturated carbocycles. The normalized spacial score (nSPS) is 18.6. The first kappa shape index (κ1) is 11.3. The first-order valence-corrected chi connectivity index (χ1v) is 5.85. The van der Waals surface area contributed by atoms with E-state index in [9.17, 15) is 5.11 Å². The largest absolute Gasteiger partial charge is 0.507 e. The van der Waals surface area contributed by atoms with Crippen LogP contribution in [0.5, 0.6) is 11.5 Å². The van der Waals surface area contributed by atoms with Gasteiger partial charge in [-0.2, -0.15) is 0 Å². The first-order valence-electron chi connectivity index (χ1n) is 5.85. The van der Waals surface area contributed by atoms with Gasteiger partial charge in [0, 0.05) is 6.04 Å². The summed E-state index contributed by atoms with van der Waals surface area (Å²) in [5.41, 5.74) is 7.00. The predicted octanol–water partition coefficient (Wildman–Crippen LogP) is 2.59. The van der Waals surface area contributed by atoms with Crippen LogP contribution in [0.15, 0.2) is 18.2 Å². The van der Waals surface area contributed by atoms with E-state index in [4.69, 9.17) is 10.5 Å². The van der Waals surface area contributed by atoms with Crippen molar-refractivity contribution in [3.63, 3.8) is 0 Å². The monoisotopic (exact) mass is 221 g/mol. The van der Waals surface area contributed by atoms with Gasteiger partial charge in [0.2, 0.25) is 0 Å². The summed E-state index contributed by atoms with van der Waals surface area (Å²) in [4.78, 5) is 0. The van der Waals surface area contributed by atoms with Crippen LogP contribution in [0.4, 0.5) is 0 Å². The number of nitrogens with two attached hydrogens (primary N) is 1. The second-order valence-electron chi connectivity index (χ2n) is 4.46. The van der Waals surface area contributed by atoms with E-state index in [1.807, 2.05) is 6.07 Å². The molecule has 0 saturated heterocycles. The van der Waals surface area contributed by atoms with E-state index in [1.165, 1.54) is 12.8 Å². The summed E-state index contributed by atoms with van der Waals surface area (Å²) < 4.78 is 5.27. The molecule has 3 nitrogen and oxygen atoms in total. The summed E-state index contributed by atoms with van der Waals surface area (Å²) in [6.45, 7) is 0. The second-order valence-corrected chi connectivity index (χ2v) is 4.46. The van der Waals surface area contributed by atoms with Crippen molar-refractivity contribution in [2.24, 2.45) is 11.7 Å². The number of methoxy groups -OCH3 is 1. The van der Waals surface area contributed by atoms with Crippen LogP contribution in [0.1, 0.15) is 37.3 Å². The molecule has 16 heavy (non-hydrogen) atoms. The summed E-state index contributed by atoms with van der Waals surface area (Å²) in [6, 6.07) is 5.19. The Labute approximate surface area is 96.2 Å². The Bertz CT molecular complexity index is 359. The third-order valence-electron chi connectivity index (χ3n) is 3.50. The van der Waals surface area contributed by atoms with Crippen molar-refractivity contribution in [3.8, 4) is 11.5 Å². The summed E-state index contributed by atoms with van der Waals surface area (Å²) in [7, 11) is 1.61. The van der Waals surface area contributed by atoms with Crippen LogP contribution in [-0.2, 0) is 0 Å². The molecule has 3 N–H and O–H groups in total. The van der Waals surface area contributed by atoms with Gasteiger partial charge < -0.3 is 15.6 Å². The van der Waals surface area contributed by atoms with E-state index >= 15 is 0 Å². The molecule has 0 aliphatic heterocycles. The Morgan fingerprint density at radius 2 is 2.06 bits per heavy atom. The standard InChI is InChI=1S/C13H19NO2/c1-16-11-8-4-7-10(15)12(11)13(14)9-5-2-3-6-9/h4,7-9,13,15H,2-3,5-6,14H2,1H3/t13-/m0/s1. The zero-order valence-corrected chi connectivity index (χ0v) is 9.65. The quantitative estimate of drug-likeness (QED) is 0.824. The molecule has 0 aromatic heterocycles.